The van der Waals surface area contributed by atoms with Crippen LogP contribution in [0.1, 0.15) is 40.5 Å². The topological polar surface area (TPSA) is 38.4 Å². The molecule has 0 rings (SSSR count). The number of nitrogens with two attached hydrogens (primary N) is 1. The smallest absolute Gasteiger partial charge is 0.0403 e. The molecule has 0 heterocycles. The van der Waals surface area contributed by atoms with Crippen LogP contribution in [-0.4, -0.2) is 5.71 Å². The lowest BCUT2D eigenvalue weighted by atomic mass is 9.80. The van der Waals surface area contributed by atoms with E-state index in [1.165, 1.54) is 0 Å². The van der Waals surface area contributed by atoms with Crippen LogP contribution < -0.4 is 5.84 Å². The first-order valence-corrected chi connectivity index (χ1v) is 3.85. The van der Waals surface area contributed by atoms with Crippen molar-refractivity contribution in [2.24, 2.45) is 16.4 Å². The van der Waals surface area contributed by atoms with Gasteiger partial charge in [0.1, 0.15) is 0 Å². The Morgan fingerprint density at radius 2 is 1.80 bits per heavy atom. The summed E-state index contributed by atoms with van der Waals surface area (Å²) in [5.41, 5.74) is 1.27. The standard InChI is InChI=1S/C8H18N2/c1-5-8(4,6-2)7(3)10-9/h5-6,9H2,1-4H3/b10-7+. The van der Waals surface area contributed by atoms with Crippen molar-refractivity contribution in [3.63, 3.8) is 0 Å². The molecular formula is C8H18N2. The van der Waals surface area contributed by atoms with Gasteiger partial charge in [0.05, 0.1) is 0 Å². The van der Waals surface area contributed by atoms with E-state index in [1.807, 2.05) is 6.92 Å². The SMILES string of the molecule is CCC(C)(CC)/C(C)=N/N. The van der Waals surface area contributed by atoms with Gasteiger partial charge in [-0.1, -0.05) is 20.8 Å². The highest BCUT2D eigenvalue weighted by Gasteiger charge is 2.22. The molecule has 0 amide bonds. The molecule has 0 saturated carbocycles. The molecule has 0 atom stereocenters. The lowest BCUT2D eigenvalue weighted by molar-refractivity contribution is 0.430. The molecule has 0 aromatic carbocycles. The first-order valence-electron chi connectivity index (χ1n) is 3.85. The molecule has 60 valence electrons. The summed E-state index contributed by atoms with van der Waals surface area (Å²) in [4.78, 5) is 0. The van der Waals surface area contributed by atoms with Crippen molar-refractivity contribution in [2.75, 3.05) is 0 Å². The highest BCUT2D eigenvalue weighted by atomic mass is 15.1. The molecule has 0 fully saturated rings. The minimum absolute atomic E-state index is 0.217. The van der Waals surface area contributed by atoms with E-state index in [-0.39, 0.29) is 5.41 Å². The van der Waals surface area contributed by atoms with Crippen LogP contribution >= 0.6 is 0 Å². The van der Waals surface area contributed by atoms with Gasteiger partial charge in [-0.2, -0.15) is 5.10 Å². The molecule has 2 heteroatoms. The van der Waals surface area contributed by atoms with Crippen LogP contribution in [0.3, 0.4) is 0 Å². The highest BCUT2D eigenvalue weighted by molar-refractivity contribution is 5.87. The molecule has 0 aromatic rings. The minimum Gasteiger partial charge on any atom is -0.323 e. The number of hydrogen-bond acceptors (Lipinski definition) is 2. The van der Waals surface area contributed by atoms with Crippen LogP contribution in [0.15, 0.2) is 5.10 Å². The summed E-state index contributed by atoms with van der Waals surface area (Å²) in [6.45, 7) is 8.52. The molecule has 0 spiro atoms. The van der Waals surface area contributed by atoms with Crippen LogP contribution in [0.2, 0.25) is 0 Å². The molecule has 2 N–H and O–H groups in total. The van der Waals surface area contributed by atoms with Gasteiger partial charge in [0, 0.05) is 11.1 Å². The lowest BCUT2D eigenvalue weighted by Crippen LogP contribution is -2.24. The van der Waals surface area contributed by atoms with E-state index in [0.29, 0.717) is 0 Å². The Hall–Kier alpha value is -0.530. The lowest BCUT2D eigenvalue weighted by Gasteiger charge is -2.25. The summed E-state index contributed by atoms with van der Waals surface area (Å²) >= 11 is 0. The van der Waals surface area contributed by atoms with Gasteiger partial charge in [0.15, 0.2) is 0 Å². The predicted octanol–water partition coefficient (Wildman–Crippen LogP) is 2.15. The fourth-order valence-electron chi connectivity index (χ4n) is 0.918. The van der Waals surface area contributed by atoms with Crippen LogP contribution in [0.5, 0.6) is 0 Å². The molecule has 0 aliphatic heterocycles. The van der Waals surface area contributed by atoms with Crippen molar-refractivity contribution in [1.82, 2.24) is 0 Å². The Labute approximate surface area is 63.5 Å². The molecule has 0 saturated heterocycles. The van der Waals surface area contributed by atoms with Gasteiger partial charge in [-0.3, -0.25) is 0 Å². The van der Waals surface area contributed by atoms with E-state index >= 15 is 0 Å². The number of nitrogens with zero attached hydrogens (tertiary/aromatic N) is 1. The third-order valence-corrected chi connectivity index (χ3v) is 2.63. The third kappa shape index (κ3) is 1.72. The molecule has 10 heavy (non-hydrogen) atoms. The van der Waals surface area contributed by atoms with Crippen molar-refractivity contribution in [2.45, 2.75) is 40.5 Å². The Bertz CT molecular complexity index is 123. The predicted molar refractivity (Wildman–Crippen MR) is 46.0 cm³/mol. The summed E-state index contributed by atoms with van der Waals surface area (Å²) < 4.78 is 0. The second-order valence-corrected chi connectivity index (χ2v) is 2.98. The number of rotatable bonds is 3. The quantitative estimate of drug-likeness (QED) is 0.366. The fourth-order valence-corrected chi connectivity index (χ4v) is 0.918. The molecule has 0 aliphatic carbocycles. The summed E-state index contributed by atoms with van der Waals surface area (Å²) in [6, 6.07) is 0. The normalized spacial score (nSPS) is 13.8. The van der Waals surface area contributed by atoms with Crippen molar-refractivity contribution in [1.29, 1.82) is 0 Å². The van der Waals surface area contributed by atoms with Crippen molar-refractivity contribution < 1.29 is 0 Å². The van der Waals surface area contributed by atoms with Gasteiger partial charge in [-0.05, 0) is 19.8 Å². The van der Waals surface area contributed by atoms with E-state index < -0.39 is 0 Å². The Morgan fingerprint density at radius 3 is 1.90 bits per heavy atom. The van der Waals surface area contributed by atoms with Gasteiger partial charge < -0.3 is 5.84 Å². The molecule has 0 aliphatic rings. The van der Waals surface area contributed by atoms with E-state index in [4.69, 9.17) is 5.84 Å². The van der Waals surface area contributed by atoms with Crippen molar-refractivity contribution in [3.8, 4) is 0 Å². The second-order valence-electron chi connectivity index (χ2n) is 2.98. The monoisotopic (exact) mass is 142 g/mol. The third-order valence-electron chi connectivity index (χ3n) is 2.63. The molecule has 0 unspecified atom stereocenters. The Kier molecular flexibility index (Phi) is 3.40. The maximum Gasteiger partial charge on any atom is 0.0403 e. The average Bonchev–Trinajstić information content (AvgIpc) is 2.01. The Morgan fingerprint density at radius 1 is 1.40 bits per heavy atom. The molecule has 0 bridgehead atoms. The number of hydrazone groups is 1. The zero-order chi connectivity index (χ0) is 8.20. The maximum atomic E-state index is 5.20. The van der Waals surface area contributed by atoms with Gasteiger partial charge in [-0.15, -0.1) is 0 Å². The molecular weight excluding hydrogens is 124 g/mol. The second kappa shape index (κ2) is 3.59. The van der Waals surface area contributed by atoms with Gasteiger partial charge in [0.25, 0.3) is 0 Å². The Balaban J connectivity index is 4.32. The van der Waals surface area contributed by atoms with Crippen LogP contribution in [0.4, 0.5) is 0 Å². The largest absolute Gasteiger partial charge is 0.323 e. The highest BCUT2D eigenvalue weighted by Crippen LogP contribution is 2.26. The minimum atomic E-state index is 0.217. The van der Waals surface area contributed by atoms with Crippen LogP contribution in [0, 0.1) is 5.41 Å². The molecule has 0 radical (unpaired) electrons. The van der Waals surface area contributed by atoms with Crippen molar-refractivity contribution in [3.05, 3.63) is 0 Å². The van der Waals surface area contributed by atoms with E-state index in [9.17, 15) is 0 Å². The van der Waals surface area contributed by atoms with Crippen LogP contribution in [0.25, 0.3) is 0 Å². The zero-order valence-corrected chi connectivity index (χ0v) is 7.44. The number of hydrogen-bond donors (Lipinski definition) is 1. The van der Waals surface area contributed by atoms with Gasteiger partial charge in [-0.25, -0.2) is 0 Å². The van der Waals surface area contributed by atoms with E-state index in [0.717, 1.165) is 18.6 Å². The first kappa shape index (κ1) is 9.47. The van der Waals surface area contributed by atoms with Crippen LogP contribution in [-0.2, 0) is 0 Å². The zero-order valence-electron chi connectivity index (χ0n) is 7.44. The summed E-state index contributed by atoms with van der Waals surface area (Å²) in [6.07, 6.45) is 2.21. The van der Waals surface area contributed by atoms with Gasteiger partial charge in [0.2, 0.25) is 0 Å². The van der Waals surface area contributed by atoms with E-state index in [1.54, 1.807) is 0 Å². The first-order chi connectivity index (χ1) is 4.60. The average molecular weight is 142 g/mol. The maximum absolute atomic E-state index is 5.20. The van der Waals surface area contributed by atoms with Crippen molar-refractivity contribution >= 4 is 5.71 Å². The molecule has 2 nitrogen and oxygen atoms in total. The van der Waals surface area contributed by atoms with Gasteiger partial charge >= 0.3 is 0 Å². The summed E-state index contributed by atoms with van der Waals surface area (Å²) in [7, 11) is 0. The fraction of sp³-hybridized carbons (Fsp3) is 0.875. The molecule has 0 aromatic heterocycles. The summed E-state index contributed by atoms with van der Waals surface area (Å²) in [5.74, 6) is 5.20. The summed E-state index contributed by atoms with van der Waals surface area (Å²) in [5, 5.41) is 3.72. The van der Waals surface area contributed by atoms with E-state index in [2.05, 4.69) is 25.9 Å².